The number of amides is 1. The van der Waals surface area contributed by atoms with E-state index in [1.165, 1.54) is 6.42 Å². The third-order valence-electron chi connectivity index (χ3n) is 4.92. The highest BCUT2D eigenvalue weighted by molar-refractivity contribution is 9.09. The summed E-state index contributed by atoms with van der Waals surface area (Å²) in [4.78, 5) is 11.7. The van der Waals surface area contributed by atoms with Crippen LogP contribution in [0.15, 0.2) is 0 Å². The topological polar surface area (TPSA) is 38.3 Å². The second-order valence-corrected chi connectivity index (χ2v) is 6.86. The molecule has 4 heteroatoms. The lowest BCUT2D eigenvalue weighted by molar-refractivity contribution is -0.119. The van der Waals surface area contributed by atoms with Crippen LogP contribution in [0.5, 0.6) is 0 Å². The van der Waals surface area contributed by atoms with Gasteiger partial charge in [0.1, 0.15) is 6.61 Å². The maximum atomic E-state index is 11.3. The number of fused-ring (bicyclic) bond motifs is 1. The fraction of sp³-hybridized carbons (Fsp3) is 0.909. The van der Waals surface area contributed by atoms with Gasteiger partial charge in [-0.2, -0.15) is 0 Å². The first-order chi connectivity index (χ1) is 6.97. The summed E-state index contributed by atoms with van der Waals surface area (Å²) in [5.74, 6) is 1.36. The summed E-state index contributed by atoms with van der Waals surface area (Å²) in [5, 5.41) is 3.05. The van der Waals surface area contributed by atoms with Gasteiger partial charge in [0.15, 0.2) is 0 Å². The molecular weight excluding hydrogens is 258 g/mol. The Balaban J connectivity index is 1.96. The maximum Gasteiger partial charge on any atom is 0.407 e. The van der Waals surface area contributed by atoms with Crippen molar-refractivity contribution in [3.63, 3.8) is 0 Å². The van der Waals surface area contributed by atoms with Gasteiger partial charge >= 0.3 is 6.09 Å². The number of halogens is 1. The standard InChI is InChI=1S/C11H16BrNO2/c1-10(2)6-3-7(10)11(8(12)4-6)5-15-9(14)13-11/h6-8H,3-5H2,1-2H3,(H,13,14)/t6-,7-,8+,11-/m1/s1. The van der Waals surface area contributed by atoms with Crippen LogP contribution in [0.25, 0.3) is 0 Å². The number of alkyl halides is 1. The first kappa shape index (κ1) is 9.94. The normalized spacial score (nSPS) is 50.9. The fourth-order valence-electron chi connectivity index (χ4n) is 3.77. The molecule has 0 aromatic heterocycles. The molecule has 1 N–H and O–H groups in total. The minimum Gasteiger partial charge on any atom is -0.447 e. The van der Waals surface area contributed by atoms with Gasteiger partial charge in [-0.15, -0.1) is 0 Å². The monoisotopic (exact) mass is 273 g/mol. The molecule has 0 unspecified atom stereocenters. The van der Waals surface area contributed by atoms with Gasteiger partial charge in [-0.3, -0.25) is 0 Å². The van der Waals surface area contributed by atoms with Crippen LogP contribution in [0.2, 0.25) is 0 Å². The highest BCUT2D eigenvalue weighted by atomic mass is 79.9. The largest absolute Gasteiger partial charge is 0.447 e. The Kier molecular flexibility index (Phi) is 1.79. The molecule has 1 heterocycles. The van der Waals surface area contributed by atoms with Crippen molar-refractivity contribution in [1.29, 1.82) is 0 Å². The van der Waals surface area contributed by atoms with E-state index in [-0.39, 0.29) is 11.6 Å². The van der Waals surface area contributed by atoms with Crippen LogP contribution < -0.4 is 5.32 Å². The molecule has 4 aliphatic rings. The van der Waals surface area contributed by atoms with Crippen molar-refractivity contribution in [3.8, 4) is 0 Å². The smallest absolute Gasteiger partial charge is 0.407 e. The molecule has 4 rings (SSSR count). The van der Waals surface area contributed by atoms with Crippen LogP contribution >= 0.6 is 15.9 Å². The van der Waals surface area contributed by atoms with Gasteiger partial charge in [0.2, 0.25) is 0 Å². The maximum absolute atomic E-state index is 11.3. The Morgan fingerprint density at radius 2 is 2.20 bits per heavy atom. The Hall–Kier alpha value is -0.250. The molecule has 1 aliphatic heterocycles. The Morgan fingerprint density at radius 1 is 1.47 bits per heavy atom. The van der Waals surface area contributed by atoms with Gasteiger partial charge in [-0.05, 0) is 30.1 Å². The third kappa shape index (κ3) is 1.04. The number of carbonyl (C=O) groups is 1. The number of ether oxygens (including phenoxy) is 1. The number of nitrogens with one attached hydrogen (secondary N) is 1. The molecule has 0 aromatic rings. The number of rotatable bonds is 0. The van der Waals surface area contributed by atoms with Gasteiger partial charge in [0.05, 0.1) is 5.54 Å². The van der Waals surface area contributed by atoms with Crippen LogP contribution in [-0.4, -0.2) is 23.1 Å². The average Bonchev–Trinajstić information content (AvgIpc) is 2.53. The van der Waals surface area contributed by atoms with Crippen LogP contribution in [0.1, 0.15) is 26.7 Å². The van der Waals surface area contributed by atoms with Crippen molar-refractivity contribution in [2.45, 2.75) is 37.1 Å². The molecule has 3 saturated carbocycles. The molecule has 1 spiro atoms. The molecular formula is C11H16BrNO2. The minimum absolute atomic E-state index is 0.144. The van der Waals surface area contributed by atoms with Crippen molar-refractivity contribution < 1.29 is 9.53 Å². The zero-order valence-corrected chi connectivity index (χ0v) is 10.6. The van der Waals surface area contributed by atoms with Crippen LogP contribution in [0, 0.1) is 17.3 Å². The quantitative estimate of drug-likeness (QED) is 0.688. The van der Waals surface area contributed by atoms with Gasteiger partial charge in [0.25, 0.3) is 0 Å². The van der Waals surface area contributed by atoms with Crippen molar-refractivity contribution in [2.24, 2.45) is 17.3 Å². The molecule has 15 heavy (non-hydrogen) atoms. The van der Waals surface area contributed by atoms with Crippen LogP contribution in [0.3, 0.4) is 0 Å². The fourth-order valence-corrected chi connectivity index (χ4v) is 4.79. The summed E-state index contributed by atoms with van der Waals surface area (Å²) in [6.45, 7) is 5.16. The summed E-state index contributed by atoms with van der Waals surface area (Å²) in [6, 6.07) is 0. The van der Waals surface area contributed by atoms with Crippen LogP contribution in [0.4, 0.5) is 4.79 Å². The number of cyclic esters (lactones) is 1. The van der Waals surface area contributed by atoms with E-state index in [9.17, 15) is 4.79 Å². The number of alkyl carbamates (subject to hydrolysis) is 1. The molecule has 3 nitrogen and oxygen atoms in total. The predicted molar refractivity (Wildman–Crippen MR) is 59.9 cm³/mol. The molecule has 84 valence electrons. The molecule has 0 radical (unpaired) electrons. The van der Waals surface area contributed by atoms with E-state index >= 15 is 0 Å². The summed E-state index contributed by atoms with van der Waals surface area (Å²) >= 11 is 3.73. The number of hydrogen-bond acceptors (Lipinski definition) is 2. The SMILES string of the molecule is CC1(C)[C@@H]2C[C@H]1[C@]1(COC(=O)N1)[C@@H](Br)C2. The molecule has 1 amide bonds. The Bertz CT molecular complexity index is 331. The van der Waals surface area contributed by atoms with Crippen molar-refractivity contribution in [1.82, 2.24) is 5.32 Å². The number of hydrogen-bond donors (Lipinski definition) is 1. The molecule has 2 bridgehead atoms. The Labute approximate surface area is 98.1 Å². The molecule has 1 saturated heterocycles. The van der Waals surface area contributed by atoms with Crippen molar-refractivity contribution in [3.05, 3.63) is 0 Å². The molecule has 3 aliphatic carbocycles. The lowest BCUT2D eigenvalue weighted by Gasteiger charge is -2.65. The summed E-state index contributed by atoms with van der Waals surface area (Å²) < 4.78 is 5.12. The zero-order chi connectivity index (χ0) is 10.8. The zero-order valence-electron chi connectivity index (χ0n) is 9.05. The molecule has 4 atom stereocenters. The van der Waals surface area contributed by atoms with E-state index < -0.39 is 0 Å². The van der Waals surface area contributed by atoms with Gasteiger partial charge < -0.3 is 10.1 Å². The molecule has 0 aromatic carbocycles. The van der Waals surface area contributed by atoms with Crippen LogP contribution in [-0.2, 0) is 4.74 Å². The first-order valence-electron chi connectivity index (χ1n) is 5.56. The summed E-state index contributed by atoms with van der Waals surface area (Å²) in [6.07, 6.45) is 2.13. The minimum atomic E-state index is -0.249. The van der Waals surface area contributed by atoms with Crippen molar-refractivity contribution in [2.75, 3.05) is 6.61 Å². The average molecular weight is 274 g/mol. The lowest BCUT2D eigenvalue weighted by atomic mass is 9.43. The Morgan fingerprint density at radius 3 is 2.73 bits per heavy atom. The van der Waals surface area contributed by atoms with Gasteiger partial charge in [-0.1, -0.05) is 29.8 Å². The predicted octanol–water partition coefficient (Wildman–Crippen LogP) is 2.29. The summed E-state index contributed by atoms with van der Waals surface area (Å²) in [7, 11) is 0. The van der Waals surface area contributed by atoms with Gasteiger partial charge in [-0.25, -0.2) is 4.79 Å². The van der Waals surface area contributed by atoms with E-state index in [2.05, 4.69) is 35.1 Å². The lowest BCUT2D eigenvalue weighted by Crippen LogP contribution is -2.71. The van der Waals surface area contributed by atoms with Gasteiger partial charge in [0, 0.05) is 4.83 Å². The highest BCUT2D eigenvalue weighted by Crippen LogP contribution is 2.64. The highest BCUT2D eigenvalue weighted by Gasteiger charge is 2.67. The third-order valence-corrected chi connectivity index (χ3v) is 6.11. The summed E-state index contributed by atoms with van der Waals surface area (Å²) in [5.41, 5.74) is 0.209. The second kappa shape index (κ2) is 2.70. The van der Waals surface area contributed by atoms with E-state index in [1.807, 2.05) is 0 Å². The first-order valence-corrected chi connectivity index (χ1v) is 6.47. The van der Waals surface area contributed by atoms with E-state index in [1.54, 1.807) is 0 Å². The van der Waals surface area contributed by atoms with E-state index in [0.717, 1.165) is 12.3 Å². The molecule has 4 fully saturated rings. The van der Waals surface area contributed by atoms with Crippen molar-refractivity contribution >= 4 is 22.0 Å². The van der Waals surface area contributed by atoms with E-state index in [0.29, 0.717) is 22.8 Å². The van der Waals surface area contributed by atoms with E-state index in [4.69, 9.17) is 4.74 Å². The second-order valence-electron chi connectivity index (χ2n) is 5.75. The number of carbonyl (C=O) groups excluding carboxylic acids is 1.